The lowest BCUT2D eigenvalue weighted by atomic mass is 10.0. The van der Waals surface area contributed by atoms with Gasteiger partial charge in [-0.15, -0.1) is 0 Å². The molecule has 0 heterocycles. The molecule has 0 aromatic carbocycles. The number of hydrogen-bond acceptors (Lipinski definition) is 4. The van der Waals surface area contributed by atoms with E-state index in [1.54, 1.807) is 0 Å². The topological polar surface area (TPSA) is 52.6 Å². The summed E-state index contributed by atoms with van der Waals surface area (Å²) in [6.07, 6.45) is 26.0. The Morgan fingerprint density at radius 1 is 0.472 bits per heavy atom. The summed E-state index contributed by atoms with van der Waals surface area (Å²) in [7, 11) is 0. The van der Waals surface area contributed by atoms with Crippen LogP contribution in [0, 0.1) is 0 Å². The average Bonchev–Trinajstić information content (AvgIpc) is 2.84. The number of carbonyl (C=O) groups excluding carboxylic acids is 2. The minimum Gasteiger partial charge on any atom is -0.466 e. The largest absolute Gasteiger partial charge is 0.466 e. The van der Waals surface area contributed by atoms with Crippen LogP contribution in [0.5, 0.6) is 0 Å². The van der Waals surface area contributed by atoms with E-state index in [-0.39, 0.29) is 11.9 Å². The molecular weight excluding hydrogens is 584 g/mol. The Balaban J connectivity index is 3.14. The molecule has 0 fully saturated rings. The van der Waals surface area contributed by atoms with Crippen LogP contribution in [0.3, 0.4) is 0 Å². The second kappa shape index (κ2) is 27.9. The fourth-order valence-electron chi connectivity index (χ4n) is 4.18. The zero-order chi connectivity index (χ0) is 26.7. The van der Waals surface area contributed by atoms with E-state index in [1.165, 1.54) is 103 Å². The van der Waals surface area contributed by atoms with Gasteiger partial charge in [-0.1, -0.05) is 148 Å². The Morgan fingerprint density at radius 3 is 0.917 bits per heavy atom. The molecule has 2 unspecified atom stereocenters. The molecule has 214 valence electrons. The van der Waals surface area contributed by atoms with Crippen molar-refractivity contribution in [3.8, 4) is 0 Å². The van der Waals surface area contributed by atoms with Gasteiger partial charge in [0.15, 0.2) is 0 Å². The first-order chi connectivity index (χ1) is 17.4. The third kappa shape index (κ3) is 30.1. The first-order valence-electron chi connectivity index (χ1n) is 15.0. The lowest BCUT2D eigenvalue weighted by molar-refractivity contribution is -0.144. The van der Waals surface area contributed by atoms with Crippen LogP contribution in [0.1, 0.15) is 155 Å². The van der Waals surface area contributed by atoms with E-state index in [4.69, 9.17) is 9.47 Å². The van der Waals surface area contributed by atoms with Gasteiger partial charge in [0.25, 0.3) is 0 Å². The van der Waals surface area contributed by atoms with Crippen LogP contribution in [-0.2, 0) is 19.1 Å². The Kier molecular flexibility index (Phi) is 27.8. The SMILES string of the molecule is CC(Br)CCC(=O)OCCCCCCCCCCCCCCCCCCCCOC(=O)CCC(C)Br. The fraction of sp³-hybridized carbons (Fsp3) is 0.933. The summed E-state index contributed by atoms with van der Waals surface area (Å²) in [4.78, 5) is 23.8. The van der Waals surface area contributed by atoms with Crippen molar-refractivity contribution in [2.24, 2.45) is 0 Å². The maximum atomic E-state index is 11.5. The van der Waals surface area contributed by atoms with Gasteiger partial charge in [0.1, 0.15) is 0 Å². The van der Waals surface area contributed by atoms with E-state index >= 15 is 0 Å². The van der Waals surface area contributed by atoms with Gasteiger partial charge in [0.05, 0.1) is 13.2 Å². The van der Waals surface area contributed by atoms with Crippen LogP contribution in [0.2, 0.25) is 0 Å². The third-order valence-electron chi connectivity index (χ3n) is 6.56. The molecule has 0 saturated heterocycles. The van der Waals surface area contributed by atoms with Crippen molar-refractivity contribution < 1.29 is 19.1 Å². The highest BCUT2D eigenvalue weighted by atomic mass is 79.9. The molecule has 0 amide bonds. The molecule has 0 N–H and O–H groups in total. The summed E-state index contributed by atoms with van der Waals surface area (Å²) in [6, 6.07) is 0. The highest BCUT2D eigenvalue weighted by Crippen LogP contribution is 2.15. The van der Waals surface area contributed by atoms with Gasteiger partial charge in [-0.3, -0.25) is 9.59 Å². The molecule has 0 aromatic rings. The predicted molar refractivity (Wildman–Crippen MR) is 160 cm³/mol. The summed E-state index contributed by atoms with van der Waals surface area (Å²) < 4.78 is 10.5. The zero-order valence-electron chi connectivity index (χ0n) is 23.5. The highest BCUT2D eigenvalue weighted by Gasteiger charge is 2.06. The monoisotopic (exact) mass is 638 g/mol. The van der Waals surface area contributed by atoms with Crippen LogP contribution >= 0.6 is 31.9 Å². The van der Waals surface area contributed by atoms with Crippen molar-refractivity contribution in [2.45, 2.75) is 165 Å². The number of esters is 2. The van der Waals surface area contributed by atoms with Crippen molar-refractivity contribution in [1.29, 1.82) is 0 Å². The molecular formula is C30H56Br2O4. The minimum atomic E-state index is -0.0551. The number of unbranched alkanes of at least 4 members (excludes halogenated alkanes) is 17. The van der Waals surface area contributed by atoms with Crippen LogP contribution in [0.15, 0.2) is 0 Å². The van der Waals surface area contributed by atoms with Crippen molar-refractivity contribution in [2.75, 3.05) is 13.2 Å². The maximum absolute atomic E-state index is 11.5. The quantitative estimate of drug-likeness (QED) is 0.0510. The lowest BCUT2D eigenvalue weighted by Crippen LogP contribution is -2.07. The lowest BCUT2D eigenvalue weighted by Gasteiger charge is -2.06. The average molecular weight is 641 g/mol. The van der Waals surface area contributed by atoms with Gasteiger partial charge in [-0.2, -0.15) is 0 Å². The van der Waals surface area contributed by atoms with E-state index in [0.29, 0.717) is 35.7 Å². The van der Waals surface area contributed by atoms with E-state index in [1.807, 2.05) is 0 Å². The zero-order valence-corrected chi connectivity index (χ0v) is 26.7. The van der Waals surface area contributed by atoms with Gasteiger partial charge in [0.2, 0.25) is 0 Å². The van der Waals surface area contributed by atoms with Crippen molar-refractivity contribution >= 4 is 43.8 Å². The van der Waals surface area contributed by atoms with Gasteiger partial charge < -0.3 is 9.47 Å². The van der Waals surface area contributed by atoms with Gasteiger partial charge in [0, 0.05) is 22.5 Å². The number of hydrogen-bond donors (Lipinski definition) is 0. The molecule has 0 aliphatic carbocycles. The Bertz CT molecular complexity index is 453. The van der Waals surface area contributed by atoms with Crippen LogP contribution in [0.4, 0.5) is 0 Å². The second-order valence-corrected chi connectivity index (χ2v) is 13.6. The number of ether oxygens (including phenoxy) is 2. The predicted octanol–water partition coefficient (Wildman–Crippen LogP) is 10.2. The summed E-state index contributed by atoms with van der Waals surface area (Å²) >= 11 is 6.91. The van der Waals surface area contributed by atoms with Gasteiger partial charge >= 0.3 is 11.9 Å². The Labute approximate surface area is 240 Å². The molecule has 0 aliphatic rings. The number of carbonyl (C=O) groups is 2. The van der Waals surface area contributed by atoms with Crippen molar-refractivity contribution in [1.82, 2.24) is 0 Å². The first-order valence-corrected chi connectivity index (χ1v) is 16.8. The first kappa shape index (κ1) is 35.9. The summed E-state index contributed by atoms with van der Waals surface area (Å²) in [6.45, 7) is 5.29. The fourth-order valence-corrected chi connectivity index (χ4v) is 4.64. The normalized spacial score (nSPS) is 12.9. The molecule has 2 atom stereocenters. The molecule has 0 radical (unpaired) electrons. The molecule has 0 aliphatic heterocycles. The molecule has 36 heavy (non-hydrogen) atoms. The Morgan fingerprint density at radius 2 is 0.694 bits per heavy atom. The number of halogens is 2. The van der Waals surface area contributed by atoms with E-state index in [2.05, 4.69) is 45.7 Å². The van der Waals surface area contributed by atoms with E-state index < -0.39 is 0 Å². The molecule has 0 aromatic heterocycles. The van der Waals surface area contributed by atoms with Crippen LogP contribution in [0.25, 0.3) is 0 Å². The molecule has 0 bridgehead atoms. The van der Waals surface area contributed by atoms with Gasteiger partial charge in [-0.25, -0.2) is 0 Å². The summed E-state index contributed by atoms with van der Waals surface area (Å²) in [5, 5.41) is 0. The third-order valence-corrected chi connectivity index (χ3v) is 7.47. The minimum absolute atomic E-state index is 0.0551. The van der Waals surface area contributed by atoms with Crippen molar-refractivity contribution in [3.63, 3.8) is 0 Å². The summed E-state index contributed by atoms with van der Waals surface area (Å²) in [5.41, 5.74) is 0. The number of alkyl halides is 2. The standard InChI is InChI=1S/C30H56Br2O4/c1-27(31)21-23-29(33)35-25-19-17-15-13-11-9-7-5-3-4-6-8-10-12-14-16-18-20-26-36-30(34)24-22-28(2)32/h27-28H,3-26H2,1-2H3. The highest BCUT2D eigenvalue weighted by molar-refractivity contribution is 9.09. The molecule has 0 rings (SSSR count). The van der Waals surface area contributed by atoms with Gasteiger partial charge in [-0.05, 0) is 25.7 Å². The van der Waals surface area contributed by atoms with E-state index in [0.717, 1.165) is 25.7 Å². The molecule has 0 saturated carbocycles. The smallest absolute Gasteiger partial charge is 0.305 e. The molecule has 4 nitrogen and oxygen atoms in total. The van der Waals surface area contributed by atoms with Crippen LogP contribution in [-0.4, -0.2) is 34.8 Å². The summed E-state index contributed by atoms with van der Waals surface area (Å²) in [5.74, 6) is -0.110. The second-order valence-electron chi connectivity index (χ2n) is 10.4. The van der Waals surface area contributed by atoms with Crippen molar-refractivity contribution in [3.05, 3.63) is 0 Å². The van der Waals surface area contributed by atoms with Crippen LogP contribution < -0.4 is 0 Å². The maximum Gasteiger partial charge on any atom is 0.305 e. The van der Waals surface area contributed by atoms with E-state index in [9.17, 15) is 9.59 Å². The Hall–Kier alpha value is -0.100. The molecule has 6 heteroatoms. The molecule has 0 spiro atoms. The number of rotatable bonds is 27.